The van der Waals surface area contributed by atoms with Crippen LogP contribution >= 0.6 is 0 Å². The summed E-state index contributed by atoms with van der Waals surface area (Å²) in [4.78, 5) is 13.6. The van der Waals surface area contributed by atoms with Crippen LogP contribution in [0.4, 0.5) is 0 Å². The lowest BCUT2D eigenvalue weighted by Gasteiger charge is -2.35. The first kappa shape index (κ1) is 20.2. The Morgan fingerprint density at radius 2 is 1.84 bits per heavy atom. The Morgan fingerprint density at radius 3 is 2.56 bits per heavy atom. The predicted molar refractivity (Wildman–Crippen MR) is 119 cm³/mol. The lowest BCUT2D eigenvalue weighted by atomic mass is 9.98. The van der Waals surface area contributed by atoms with Crippen LogP contribution in [0.25, 0.3) is 11.8 Å². The minimum atomic E-state index is -0.567. The Morgan fingerprint density at radius 1 is 1.09 bits per heavy atom. The molecule has 3 heterocycles. The van der Waals surface area contributed by atoms with Gasteiger partial charge in [-0.05, 0) is 42.2 Å². The van der Waals surface area contributed by atoms with E-state index in [1.807, 2.05) is 47.1 Å². The van der Waals surface area contributed by atoms with E-state index in [2.05, 4.69) is 27.3 Å². The summed E-state index contributed by atoms with van der Waals surface area (Å²) in [6.45, 7) is 0.553. The SMILES string of the molecule is O=C(/C=C/c1ccc([C@@H]2CCC3c4c(cnn4-c4ccccc4)/C(=N/O)CN32)cc1)NO. The molecule has 0 aliphatic carbocycles. The van der Waals surface area contributed by atoms with Gasteiger partial charge in [-0.25, -0.2) is 10.2 Å². The highest BCUT2D eigenvalue weighted by atomic mass is 16.5. The number of oxime groups is 1. The molecule has 32 heavy (non-hydrogen) atoms. The van der Waals surface area contributed by atoms with Gasteiger partial charge in [-0.15, -0.1) is 0 Å². The molecule has 1 fully saturated rings. The third-order valence-corrected chi connectivity index (χ3v) is 6.26. The number of hydroxylamine groups is 1. The number of carbonyl (C=O) groups excluding carboxylic acids is 1. The van der Waals surface area contributed by atoms with E-state index in [1.165, 1.54) is 11.6 Å². The number of nitrogens with one attached hydrogen (secondary N) is 1. The summed E-state index contributed by atoms with van der Waals surface area (Å²) in [5.41, 5.74) is 7.20. The van der Waals surface area contributed by atoms with E-state index in [0.717, 1.165) is 35.3 Å². The standard InChI is InChI=1S/C24H23N5O3/c30-23(27-32)13-8-16-6-9-17(10-7-16)21-11-12-22-24-19(20(26-31)15-28(21)22)14-25-29(24)18-4-2-1-3-5-18/h1-10,13-14,21-22,31-32H,11-12,15H2,(H,27,30)/b13-8+,26-20+/t21-,22?/m0/s1. The molecule has 1 aromatic heterocycles. The van der Waals surface area contributed by atoms with Gasteiger partial charge < -0.3 is 5.21 Å². The number of hydrogen-bond acceptors (Lipinski definition) is 6. The van der Waals surface area contributed by atoms with Crippen molar-refractivity contribution in [2.45, 2.75) is 24.9 Å². The van der Waals surface area contributed by atoms with Gasteiger partial charge >= 0.3 is 0 Å². The number of aromatic nitrogens is 2. The highest BCUT2D eigenvalue weighted by Crippen LogP contribution is 2.47. The molecule has 8 nitrogen and oxygen atoms in total. The number of rotatable bonds is 4. The summed E-state index contributed by atoms with van der Waals surface area (Å²) in [7, 11) is 0. The van der Waals surface area contributed by atoms with Crippen molar-refractivity contribution >= 4 is 17.7 Å². The monoisotopic (exact) mass is 429 g/mol. The molecule has 0 radical (unpaired) electrons. The number of hydrogen-bond donors (Lipinski definition) is 3. The van der Waals surface area contributed by atoms with E-state index in [1.54, 1.807) is 17.8 Å². The lowest BCUT2D eigenvalue weighted by molar-refractivity contribution is -0.124. The molecule has 2 aromatic carbocycles. The molecular weight excluding hydrogens is 406 g/mol. The van der Waals surface area contributed by atoms with Gasteiger partial charge in [0.05, 0.1) is 23.6 Å². The first-order valence-electron chi connectivity index (χ1n) is 10.5. The zero-order valence-corrected chi connectivity index (χ0v) is 17.3. The molecule has 8 heteroatoms. The summed E-state index contributed by atoms with van der Waals surface area (Å²) in [5, 5.41) is 26.5. The number of nitrogens with zero attached hydrogens (tertiary/aromatic N) is 4. The maximum atomic E-state index is 11.2. The average Bonchev–Trinajstić information content (AvgIpc) is 3.47. The van der Waals surface area contributed by atoms with E-state index in [0.29, 0.717) is 12.3 Å². The molecule has 1 amide bonds. The number of benzene rings is 2. The molecule has 0 saturated carbocycles. The third kappa shape index (κ3) is 3.49. The van der Waals surface area contributed by atoms with Gasteiger partial charge in [0.15, 0.2) is 0 Å². The molecule has 162 valence electrons. The predicted octanol–water partition coefficient (Wildman–Crippen LogP) is 3.46. The van der Waals surface area contributed by atoms with Crippen molar-refractivity contribution in [2.24, 2.45) is 5.16 Å². The molecule has 2 aliphatic heterocycles. The lowest BCUT2D eigenvalue weighted by Crippen LogP contribution is -2.38. The second-order valence-corrected chi connectivity index (χ2v) is 7.99. The van der Waals surface area contributed by atoms with Crippen LogP contribution < -0.4 is 5.48 Å². The number of fused-ring (bicyclic) bond motifs is 3. The second kappa shape index (κ2) is 8.41. The molecule has 5 rings (SSSR count). The first-order valence-corrected chi connectivity index (χ1v) is 10.5. The van der Waals surface area contributed by atoms with Crippen molar-refractivity contribution < 1.29 is 15.2 Å². The van der Waals surface area contributed by atoms with Crippen LogP contribution in [0.15, 0.2) is 72.0 Å². The topological polar surface area (TPSA) is 103 Å². The van der Waals surface area contributed by atoms with Crippen molar-refractivity contribution in [1.82, 2.24) is 20.2 Å². The Balaban J connectivity index is 1.46. The van der Waals surface area contributed by atoms with E-state index in [4.69, 9.17) is 5.21 Å². The Kier molecular flexibility index (Phi) is 5.30. The maximum Gasteiger partial charge on any atom is 0.267 e. The molecule has 3 N–H and O–H groups in total. The minimum absolute atomic E-state index is 0.177. The molecule has 1 saturated heterocycles. The van der Waals surface area contributed by atoms with Gasteiger partial charge in [0, 0.05) is 24.2 Å². The van der Waals surface area contributed by atoms with Gasteiger partial charge in [0.2, 0.25) is 0 Å². The molecule has 0 bridgehead atoms. The van der Waals surface area contributed by atoms with Crippen molar-refractivity contribution in [3.8, 4) is 5.69 Å². The normalized spacial score (nSPS) is 21.6. The fraction of sp³-hybridized carbons (Fsp3) is 0.208. The van der Waals surface area contributed by atoms with Crippen LogP contribution in [0.5, 0.6) is 0 Å². The fourth-order valence-corrected chi connectivity index (χ4v) is 4.79. The molecule has 2 atom stereocenters. The van der Waals surface area contributed by atoms with Gasteiger partial charge in [0.1, 0.15) is 5.71 Å². The third-order valence-electron chi connectivity index (χ3n) is 6.26. The minimum Gasteiger partial charge on any atom is -0.411 e. The number of carbonyl (C=O) groups is 1. The van der Waals surface area contributed by atoms with E-state index in [-0.39, 0.29) is 12.1 Å². The zero-order chi connectivity index (χ0) is 22.1. The number of para-hydroxylation sites is 1. The van der Waals surface area contributed by atoms with Crippen LogP contribution in [0, 0.1) is 0 Å². The van der Waals surface area contributed by atoms with Crippen molar-refractivity contribution in [3.63, 3.8) is 0 Å². The molecular formula is C24H23N5O3. The fourth-order valence-electron chi connectivity index (χ4n) is 4.79. The highest BCUT2D eigenvalue weighted by Gasteiger charge is 2.43. The van der Waals surface area contributed by atoms with Gasteiger partial charge in [-0.1, -0.05) is 47.6 Å². The molecule has 2 aliphatic rings. The average molecular weight is 429 g/mol. The first-order chi connectivity index (χ1) is 15.7. The van der Waals surface area contributed by atoms with Crippen LogP contribution in [0.1, 0.15) is 47.3 Å². The van der Waals surface area contributed by atoms with Crippen molar-refractivity contribution in [3.05, 3.63) is 89.3 Å². The largest absolute Gasteiger partial charge is 0.411 e. The van der Waals surface area contributed by atoms with Gasteiger partial charge in [0.25, 0.3) is 5.91 Å². The quantitative estimate of drug-likeness (QED) is 0.255. The zero-order valence-electron chi connectivity index (χ0n) is 17.3. The van der Waals surface area contributed by atoms with E-state index in [9.17, 15) is 10.0 Å². The number of amides is 1. The summed E-state index contributed by atoms with van der Waals surface area (Å²) in [5.74, 6) is -0.567. The molecule has 3 aromatic rings. The van der Waals surface area contributed by atoms with E-state index < -0.39 is 5.91 Å². The summed E-state index contributed by atoms with van der Waals surface area (Å²) >= 11 is 0. The smallest absolute Gasteiger partial charge is 0.267 e. The maximum absolute atomic E-state index is 11.2. The second-order valence-electron chi connectivity index (χ2n) is 7.99. The van der Waals surface area contributed by atoms with Crippen LogP contribution in [0.2, 0.25) is 0 Å². The molecule has 1 unspecified atom stereocenters. The summed E-state index contributed by atoms with van der Waals surface area (Å²) in [6.07, 6.45) is 6.68. The van der Waals surface area contributed by atoms with Gasteiger partial charge in [-0.3, -0.25) is 14.9 Å². The van der Waals surface area contributed by atoms with Crippen LogP contribution in [-0.4, -0.2) is 43.3 Å². The molecule has 0 spiro atoms. The van der Waals surface area contributed by atoms with Crippen molar-refractivity contribution in [1.29, 1.82) is 0 Å². The van der Waals surface area contributed by atoms with Crippen molar-refractivity contribution in [2.75, 3.05) is 6.54 Å². The summed E-state index contributed by atoms with van der Waals surface area (Å²) in [6, 6.07) is 18.4. The Bertz CT molecular complexity index is 1180. The van der Waals surface area contributed by atoms with Crippen LogP contribution in [0.3, 0.4) is 0 Å². The van der Waals surface area contributed by atoms with Crippen LogP contribution in [-0.2, 0) is 4.79 Å². The summed E-state index contributed by atoms with van der Waals surface area (Å²) < 4.78 is 1.96. The van der Waals surface area contributed by atoms with E-state index >= 15 is 0 Å². The highest BCUT2D eigenvalue weighted by molar-refractivity contribution is 6.03. The van der Waals surface area contributed by atoms with Gasteiger partial charge in [-0.2, -0.15) is 5.10 Å². The Labute approximate surface area is 185 Å². The Hall–Kier alpha value is -3.75.